The van der Waals surface area contributed by atoms with Crippen LogP contribution in [0.1, 0.15) is 160 Å². The highest BCUT2D eigenvalue weighted by Gasteiger charge is 2.81. The molecule has 95 heavy (non-hydrogen) atoms. The Balaban J connectivity index is 0.700. The van der Waals surface area contributed by atoms with Crippen molar-refractivity contribution in [2.45, 2.75) is 336 Å². The normalized spacial score (nSPS) is 49.7. The van der Waals surface area contributed by atoms with Crippen LogP contribution in [0.4, 0.5) is 0 Å². The first kappa shape index (κ1) is 75.4. The van der Waals surface area contributed by atoms with E-state index in [1.54, 1.807) is 42.5 Å². The minimum absolute atomic E-state index is 0.0461. The summed E-state index contributed by atoms with van der Waals surface area (Å²) in [6.07, 6.45) is -9.17. The highest BCUT2D eigenvalue weighted by atomic mass is 16.8. The van der Waals surface area contributed by atoms with Gasteiger partial charge in [-0.3, -0.25) is 4.79 Å². The number of allylic oxidation sites excluding steroid dienone is 1. The van der Waals surface area contributed by atoms with Gasteiger partial charge < -0.3 is 116 Å². The summed E-state index contributed by atoms with van der Waals surface area (Å²) in [4.78, 5) is 27.0. The molecule has 9 fully saturated rings. The van der Waals surface area contributed by atoms with E-state index in [2.05, 4.69) is 6.92 Å². The van der Waals surface area contributed by atoms with E-state index < -0.39 is 199 Å². The summed E-state index contributed by atoms with van der Waals surface area (Å²) in [6, 6.07) is 0. The summed E-state index contributed by atoms with van der Waals surface area (Å²) < 4.78 is 120. The Morgan fingerprint density at radius 3 is 1.29 bits per heavy atom. The number of aliphatic hydroxyl groups excluding tert-OH is 2. The lowest BCUT2D eigenvalue weighted by molar-refractivity contribution is -0.359. The van der Waals surface area contributed by atoms with Gasteiger partial charge in [-0.2, -0.15) is 0 Å². The SMILES string of the molecule is CO[C@H]1C[C@@H](O[C@H]2[C@@H](OC)C[C@H](O[C@H]3[C@@H](OC)C[C@H](O[C@H]4[C@@H](OC)C[C@@H](O[C@@H]5[C@@H](C)O[C@@H](O[C@H]6[C@@H](OC)C[C@H](O[C@H]7CC[C@@]8(C)C(=CC[C@]9(O)[C@@H]8C[C@@H](OC(=O)/C=C(\C)C(C)C)[C@@]8(C)[C@]9(O)CC[C@@]8(O)C(C)=O)C7)O[C@@H]6C)C[C@H]5OC)O[C@@H]4C)O[C@@H]3C)O[C@@H]2C)O[C@H](O)[C@H]1O. The molecule has 0 aromatic heterocycles. The summed E-state index contributed by atoms with van der Waals surface area (Å²) in [6.45, 7) is 20.3. The Bertz CT molecular complexity index is 2650. The molecular weight excluding hydrogens is 1240 g/mol. The molecule has 6 heterocycles. The van der Waals surface area contributed by atoms with Gasteiger partial charge in [-0.1, -0.05) is 38.0 Å². The topological polar surface area (TPSA) is 311 Å². The maximum atomic E-state index is 13.6. The van der Waals surface area contributed by atoms with E-state index in [4.69, 9.17) is 90.0 Å². The number of aliphatic hydroxyl groups is 5. The summed E-state index contributed by atoms with van der Waals surface area (Å²) in [5, 5.41) is 58.7. The molecule has 0 aromatic rings. The summed E-state index contributed by atoms with van der Waals surface area (Å²) in [5.41, 5.74) is -6.21. The fourth-order valence-electron chi connectivity index (χ4n) is 17.8. The van der Waals surface area contributed by atoms with E-state index in [9.17, 15) is 35.1 Å². The third kappa shape index (κ3) is 14.5. The number of hydrogen-bond donors (Lipinski definition) is 5. The van der Waals surface area contributed by atoms with Gasteiger partial charge in [-0.15, -0.1) is 0 Å². The van der Waals surface area contributed by atoms with Crippen LogP contribution in [0.3, 0.4) is 0 Å². The van der Waals surface area contributed by atoms with Crippen molar-refractivity contribution in [1.29, 1.82) is 0 Å². The zero-order valence-electron chi connectivity index (χ0n) is 58.8. The van der Waals surface area contributed by atoms with Gasteiger partial charge in [0, 0.05) is 93.2 Å². The molecule has 0 aromatic carbocycles. The average molecular weight is 1360 g/mol. The predicted molar refractivity (Wildman–Crippen MR) is 334 cm³/mol. The number of ether oxygens (including phenoxy) is 19. The Morgan fingerprint density at radius 2 is 0.916 bits per heavy atom. The molecule has 10 rings (SSSR count). The number of rotatable bonds is 22. The molecule has 3 saturated carbocycles. The van der Waals surface area contributed by atoms with Crippen molar-refractivity contribution in [3.05, 3.63) is 23.3 Å². The lowest BCUT2D eigenvalue weighted by Gasteiger charge is -2.67. The fourth-order valence-corrected chi connectivity index (χ4v) is 17.8. The number of ketones is 1. The maximum Gasteiger partial charge on any atom is 0.330 e. The second-order valence-corrected chi connectivity index (χ2v) is 29.4. The van der Waals surface area contributed by atoms with Crippen LogP contribution in [0.25, 0.3) is 0 Å². The van der Waals surface area contributed by atoms with Crippen LogP contribution in [0, 0.1) is 22.7 Å². The molecule has 10 aliphatic rings. The van der Waals surface area contributed by atoms with Crippen molar-refractivity contribution >= 4 is 11.8 Å². The lowest BCUT2D eigenvalue weighted by Crippen LogP contribution is -2.78. The Kier molecular flexibility index (Phi) is 24.1. The first-order valence-electron chi connectivity index (χ1n) is 34.6. The number of carbonyl (C=O) groups excluding carboxylic acids is 2. The molecule has 26 nitrogen and oxygen atoms in total. The number of Topliss-reactive ketones (excluding diaryl/α,β-unsaturated/α-hetero) is 1. The Morgan fingerprint density at radius 1 is 0.537 bits per heavy atom. The third-order valence-electron chi connectivity index (χ3n) is 23.8. The summed E-state index contributed by atoms with van der Waals surface area (Å²) in [7, 11) is 9.57. The Labute approximate surface area is 560 Å². The largest absolute Gasteiger partial charge is 0.458 e. The first-order valence-corrected chi connectivity index (χ1v) is 34.6. The van der Waals surface area contributed by atoms with Crippen molar-refractivity contribution < 1.29 is 125 Å². The van der Waals surface area contributed by atoms with Crippen molar-refractivity contribution in [2.75, 3.05) is 42.7 Å². The maximum absolute atomic E-state index is 13.6. The molecule has 26 heteroatoms. The van der Waals surface area contributed by atoms with Gasteiger partial charge in [0.1, 0.15) is 59.5 Å². The quantitative estimate of drug-likeness (QED) is 0.0533. The molecule has 32 atom stereocenters. The van der Waals surface area contributed by atoms with E-state index in [0.717, 1.165) is 11.1 Å². The van der Waals surface area contributed by atoms with E-state index >= 15 is 0 Å². The van der Waals surface area contributed by atoms with E-state index in [-0.39, 0.29) is 44.1 Å². The number of hydrogen-bond acceptors (Lipinski definition) is 26. The van der Waals surface area contributed by atoms with E-state index in [1.165, 1.54) is 20.1 Å². The van der Waals surface area contributed by atoms with Crippen LogP contribution in [-0.4, -0.2) is 257 Å². The minimum Gasteiger partial charge on any atom is -0.458 e. The van der Waals surface area contributed by atoms with Crippen LogP contribution < -0.4 is 0 Å². The van der Waals surface area contributed by atoms with Gasteiger partial charge in [0.15, 0.2) is 49.8 Å². The van der Waals surface area contributed by atoms with Gasteiger partial charge >= 0.3 is 5.97 Å². The number of carbonyl (C=O) groups is 2. The second kappa shape index (κ2) is 30.3. The van der Waals surface area contributed by atoms with Crippen LogP contribution in [0.2, 0.25) is 0 Å². The molecule has 0 spiro atoms. The van der Waals surface area contributed by atoms with Crippen LogP contribution in [0.15, 0.2) is 23.3 Å². The van der Waals surface area contributed by atoms with Gasteiger partial charge in [-0.05, 0) is 112 Å². The van der Waals surface area contributed by atoms with Gasteiger partial charge in [-0.25, -0.2) is 4.79 Å². The van der Waals surface area contributed by atoms with Gasteiger partial charge in [0.2, 0.25) is 0 Å². The fraction of sp³-hybridized carbons (Fsp3) is 0.913. The summed E-state index contributed by atoms with van der Waals surface area (Å²) >= 11 is 0. The lowest BCUT2D eigenvalue weighted by atomic mass is 9.42. The molecular formula is C69H112O26. The van der Waals surface area contributed by atoms with Gasteiger partial charge in [0.25, 0.3) is 0 Å². The standard InChI is InChI=1S/C69H112O26/c1-33(2)34(3)24-51(71)89-50-32-49-65(10)20-19-42(25-41(65)18-21-68(49,75)69(76)23-22-67(74,40(9)70)66(50,69)11)88-52-27-44(78-13)59(35(4)83-52)90-53-28-45(79-14)60(36(5)84-53)91-54-29-46(80-15)61(37(6)85-54)92-55-30-47(81-16)62(38(7)86-55)93-56-31-48(82-17)63(39(8)87-56)94-57-26-43(77-12)58(72)64(73)95-57/h18,24,33,35-39,42-50,52-64,72-76H,19-23,25-32H2,1-17H3/b34-24+/t35-,36-,37-,38-,39-,42+,43+,44+,45-,46+,47+,48+,49-,50-,52+,53+,54-,55+,56+,57+,58+,59-,60-,61-,62-,63-,64+,65+,66-,67-,68+,69-/m1/s1. The predicted octanol–water partition coefficient (Wildman–Crippen LogP) is 5.12. The molecule has 5 N–H and O–H groups in total. The van der Waals surface area contributed by atoms with Crippen LogP contribution in [0.5, 0.6) is 0 Å². The zero-order valence-corrected chi connectivity index (χ0v) is 58.8. The smallest absolute Gasteiger partial charge is 0.330 e. The molecule has 0 unspecified atom stereocenters. The van der Waals surface area contributed by atoms with Crippen molar-refractivity contribution in [3.63, 3.8) is 0 Å². The molecule has 6 saturated heterocycles. The molecule has 0 radical (unpaired) electrons. The second-order valence-electron chi connectivity index (χ2n) is 29.4. The average Bonchev–Trinajstić information content (AvgIpc) is 1.49. The number of esters is 1. The molecule has 6 aliphatic heterocycles. The highest BCUT2D eigenvalue weighted by molar-refractivity contribution is 5.87. The van der Waals surface area contributed by atoms with E-state index in [1.807, 2.05) is 61.5 Å². The monoisotopic (exact) mass is 1360 g/mol. The van der Waals surface area contributed by atoms with Crippen molar-refractivity contribution in [1.82, 2.24) is 0 Å². The van der Waals surface area contributed by atoms with Crippen LogP contribution in [-0.2, 0) is 99.6 Å². The highest BCUT2D eigenvalue weighted by Crippen LogP contribution is 2.71. The molecule has 0 amide bonds. The molecule has 4 aliphatic carbocycles. The first-order chi connectivity index (χ1) is 44.9. The molecule has 0 bridgehead atoms. The molecule has 544 valence electrons. The number of fused-ring (bicyclic) bond motifs is 5. The minimum atomic E-state index is -2.04. The number of methoxy groups -OCH3 is 6. The Hall–Kier alpha value is -2.30. The van der Waals surface area contributed by atoms with Gasteiger partial charge in [0.05, 0.1) is 78.7 Å². The van der Waals surface area contributed by atoms with Crippen LogP contribution >= 0.6 is 0 Å². The van der Waals surface area contributed by atoms with Crippen molar-refractivity contribution in [3.8, 4) is 0 Å². The van der Waals surface area contributed by atoms with E-state index in [0.29, 0.717) is 51.4 Å². The summed E-state index contributed by atoms with van der Waals surface area (Å²) in [5.74, 6) is -1.66. The zero-order chi connectivity index (χ0) is 69.0. The van der Waals surface area contributed by atoms with Crippen molar-refractivity contribution in [2.24, 2.45) is 22.7 Å². The third-order valence-corrected chi connectivity index (χ3v) is 23.8.